The van der Waals surface area contributed by atoms with E-state index < -0.39 is 7.12 Å². The largest absolute Gasteiger partial charge is 0.508 e. The van der Waals surface area contributed by atoms with Gasteiger partial charge in [0, 0.05) is 12.5 Å². The Hall–Kier alpha value is -2.34. The highest BCUT2D eigenvalue weighted by Crippen LogP contribution is 2.32. The van der Waals surface area contributed by atoms with Crippen LogP contribution in [0.25, 0.3) is 11.6 Å². The highest BCUT2D eigenvalue weighted by Gasteiger charge is 2.28. The maximum atomic E-state index is 9.97. The molecule has 1 atom stereocenters. The molecular formula is C23H25BClNO3. The molecule has 2 aromatic rings. The van der Waals surface area contributed by atoms with Gasteiger partial charge in [0.25, 0.3) is 0 Å². The zero-order chi connectivity index (χ0) is 20.8. The molecule has 0 saturated carbocycles. The average molecular weight is 410 g/mol. The van der Waals surface area contributed by atoms with Gasteiger partial charge in [-0.1, -0.05) is 42.8 Å². The van der Waals surface area contributed by atoms with Gasteiger partial charge in [0.1, 0.15) is 5.75 Å². The number of halogens is 1. The first kappa shape index (κ1) is 21.4. The van der Waals surface area contributed by atoms with E-state index in [9.17, 15) is 10.1 Å². The Kier molecular flexibility index (Phi) is 7.31. The summed E-state index contributed by atoms with van der Waals surface area (Å²) in [7, 11) is -0.790. The van der Waals surface area contributed by atoms with Crippen LogP contribution in [0, 0.1) is 0 Å². The first-order valence-electron chi connectivity index (χ1n) is 9.80. The topological polar surface area (TPSA) is 62.6 Å². The molecule has 1 aromatic heterocycles. The minimum atomic E-state index is -0.790. The number of aromatic nitrogens is 1. The summed E-state index contributed by atoms with van der Waals surface area (Å²) in [5.41, 5.74) is 4.77. The van der Waals surface area contributed by atoms with Gasteiger partial charge in [-0.15, -0.1) is 0 Å². The molecule has 1 aliphatic heterocycles. The maximum absolute atomic E-state index is 9.97. The number of pyridine rings is 1. The highest BCUT2D eigenvalue weighted by molar-refractivity contribution is 6.43. The zero-order valence-corrected chi connectivity index (χ0v) is 17.3. The number of allylic oxidation sites excluding steroid dienone is 2. The van der Waals surface area contributed by atoms with Crippen LogP contribution in [-0.2, 0) is 4.65 Å². The molecule has 1 aliphatic rings. The zero-order valence-electron chi connectivity index (χ0n) is 16.5. The number of aromatic hydroxyl groups is 1. The molecule has 29 heavy (non-hydrogen) atoms. The molecule has 150 valence electrons. The number of hydrogen-bond donors (Lipinski definition) is 2. The van der Waals surface area contributed by atoms with Crippen molar-refractivity contribution in [2.45, 2.75) is 38.6 Å². The van der Waals surface area contributed by atoms with E-state index in [1.165, 1.54) is 6.07 Å². The van der Waals surface area contributed by atoms with Gasteiger partial charge < -0.3 is 14.8 Å². The molecule has 4 nitrogen and oxygen atoms in total. The second kappa shape index (κ2) is 9.92. The van der Waals surface area contributed by atoms with Crippen LogP contribution in [0.3, 0.4) is 0 Å². The third-order valence-corrected chi connectivity index (χ3v) is 5.35. The minimum absolute atomic E-state index is 0.129. The van der Waals surface area contributed by atoms with Crippen LogP contribution >= 0.6 is 11.6 Å². The normalized spacial score (nSPS) is 17.2. The Morgan fingerprint density at radius 3 is 2.90 bits per heavy atom. The lowest BCUT2D eigenvalue weighted by atomic mass is 9.77. The fourth-order valence-corrected chi connectivity index (χ4v) is 3.64. The molecule has 0 radical (unpaired) electrons. The van der Waals surface area contributed by atoms with Crippen molar-refractivity contribution >= 4 is 30.4 Å². The van der Waals surface area contributed by atoms with Crippen molar-refractivity contribution in [1.82, 2.24) is 4.98 Å². The molecule has 0 fully saturated rings. The van der Waals surface area contributed by atoms with E-state index in [0.717, 1.165) is 34.4 Å². The summed E-state index contributed by atoms with van der Waals surface area (Å²) in [5, 5.41) is 20.1. The van der Waals surface area contributed by atoms with Crippen LogP contribution in [0.15, 0.2) is 66.4 Å². The molecule has 2 heterocycles. The summed E-state index contributed by atoms with van der Waals surface area (Å²) in [6.45, 7) is 6.21. The second-order valence-corrected chi connectivity index (χ2v) is 7.47. The Labute approximate surface area is 177 Å². The lowest BCUT2D eigenvalue weighted by Gasteiger charge is -2.28. The van der Waals surface area contributed by atoms with Crippen LogP contribution in [-0.4, -0.2) is 28.3 Å². The SMILES string of the molecule is C=C(CC)C1=CCB(O)OC1CC/C(=C/c1ccc(O)cc1Cl)c1ccccn1. The first-order valence-corrected chi connectivity index (χ1v) is 10.2. The van der Waals surface area contributed by atoms with Crippen molar-refractivity contribution in [3.8, 4) is 5.75 Å². The molecule has 0 spiro atoms. The summed E-state index contributed by atoms with van der Waals surface area (Å²) in [5.74, 6) is 0.129. The molecule has 0 saturated heterocycles. The maximum Gasteiger partial charge on any atom is 0.458 e. The molecule has 0 bridgehead atoms. The molecule has 0 aliphatic carbocycles. The minimum Gasteiger partial charge on any atom is -0.508 e. The van der Waals surface area contributed by atoms with Crippen molar-refractivity contribution in [2.75, 3.05) is 0 Å². The summed E-state index contributed by atoms with van der Waals surface area (Å²) in [4.78, 5) is 4.49. The Bertz CT molecular complexity index is 927. The molecule has 2 N–H and O–H groups in total. The van der Waals surface area contributed by atoms with Gasteiger partial charge in [0.2, 0.25) is 0 Å². The van der Waals surface area contributed by atoms with E-state index in [2.05, 4.69) is 18.5 Å². The van der Waals surface area contributed by atoms with Crippen molar-refractivity contribution in [1.29, 1.82) is 0 Å². The second-order valence-electron chi connectivity index (χ2n) is 7.06. The number of nitrogens with zero attached hydrogens (tertiary/aromatic N) is 1. The molecule has 0 amide bonds. The molecule has 1 aromatic carbocycles. The number of phenolic OH excluding ortho intramolecular Hbond substituents is 1. The lowest BCUT2D eigenvalue weighted by molar-refractivity contribution is 0.184. The summed E-state index contributed by atoms with van der Waals surface area (Å²) < 4.78 is 5.82. The van der Waals surface area contributed by atoms with Crippen LogP contribution in [0.2, 0.25) is 11.3 Å². The van der Waals surface area contributed by atoms with Gasteiger partial charge in [-0.3, -0.25) is 4.98 Å². The van der Waals surface area contributed by atoms with Gasteiger partial charge in [-0.2, -0.15) is 0 Å². The van der Waals surface area contributed by atoms with E-state index in [-0.39, 0.29) is 11.9 Å². The Morgan fingerprint density at radius 2 is 2.21 bits per heavy atom. The van der Waals surface area contributed by atoms with E-state index in [1.807, 2.05) is 30.4 Å². The number of phenols is 1. The smallest absolute Gasteiger partial charge is 0.458 e. The summed E-state index contributed by atoms with van der Waals surface area (Å²) >= 11 is 6.31. The van der Waals surface area contributed by atoms with Crippen molar-refractivity contribution in [3.63, 3.8) is 0 Å². The van der Waals surface area contributed by atoms with Crippen LogP contribution in [0.5, 0.6) is 5.75 Å². The predicted molar refractivity (Wildman–Crippen MR) is 120 cm³/mol. The number of benzene rings is 1. The molecule has 1 unspecified atom stereocenters. The van der Waals surface area contributed by atoms with E-state index in [4.69, 9.17) is 16.3 Å². The van der Waals surface area contributed by atoms with Crippen LogP contribution < -0.4 is 0 Å². The van der Waals surface area contributed by atoms with E-state index >= 15 is 0 Å². The quantitative estimate of drug-likeness (QED) is 0.590. The van der Waals surface area contributed by atoms with Gasteiger partial charge >= 0.3 is 7.12 Å². The van der Waals surface area contributed by atoms with Crippen molar-refractivity contribution < 1.29 is 14.8 Å². The van der Waals surface area contributed by atoms with Crippen molar-refractivity contribution in [2.24, 2.45) is 0 Å². The third-order valence-electron chi connectivity index (χ3n) is 5.03. The average Bonchev–Trinajstić information content (AvgIpc) is 2.72. The number of rotatable bonds is 7. The fraction of sp³-hybridized carbons (Fsp3) is 0.261. The Balaban J connectivity index is 1.88. The summed E-state index contributed by atoms with van der Waals surface area (Å²) in [6.07, 6.45) is 8.25. The standard InChI is InChI=1S/C23H25BClNO3/c1-3-16(2)20-11-12-24(28)29-23(20)10-8-18(22-6-4-5-13-26-22)14-17-7-9-19(27)15-21(17)25/h4-7,9,11,13-15,23,27-28H,2-3,8,10,12H2,1H3/b18-14-. The Morgan fingerprint density at radius 1 is 1.38 bits per heavy atom. The monoisotopic (exact) mass is 409 g/mol. The first-order chi connectivity index (χ1) is 14.0. The van der Waals surface area contributed by atoms with E-state index in [1.54, 1.807) is 18.3 Å². The van der Waals surface area contributed by atoms with Gasteiger partial charge in [0.15, 0.2) is 0 Å². The summed E-state index contributed by atoms with van der Waals surface area (Å²) in [6, 6.07) is 10.7. The van der Waals surface area contributed by atoms with Gasteiger partial charge in [-0.05, 0) is 72.4 Å². The predicted octanol–water partition coefficient (Wildman–Crippen LogP) is 5.53. The molecular weight excluding hydrogens is 385 g/mol. The van der Waals surface area contributed by atoms with Crippen molar-refractivity contribution in [3.05, 3.63) is 82.7 Å². The van der Waals surface area contributed by atoms with Crippen LogP contribution in [0.1, 0.15) is 37.4 Å². The highest BCUT2D eigenvalue weighted by atomic mass is 35.5. The molecule has 6 heteroatoms. The number of hydrogen-bond acceptors (Lipinski definition) is 4. The molecule has 3 rings (SSSR count). The van der Waals surface area contributed by atoms with E-state index in [0.29, 0.717) is 24.2 Å². The fourth-order valence-electron chi connectivity index (χ4n) is 3.41. The van der Waals surface area contributed by atoms with Gasteiger partial charge in [0.05, 0.1) is 16.8 Å². The lowest BCUT2D eigenvalue weighted by Crippen LogP contribution is -2.31. The van der Waals surface area contributed by atoms with Gasteiger partial charge in [-0.25, -0.2) is 0 Å². The van der Waals surface area contributed by atoms with Crippen LogP contribution in [0.4, 0.5) is 0 Å². The third kappa shape index (κ3) is 5.60.